The number of nitrogens with zero attached hydrogens (tertiary/aromatic N) is 2. The summed E-state index contributed by atoms with van der Waals surface area (Å²) in [6.07, 6.45) is 5.89. The second-order valence-electron chi connectivity index (χ2n) is 9.70. The number of thioether (sulfide) groups is 1. The van der Waals surface area contributed by atoms with Gasteiger partial charge < -0.3 is 5.32 Å². The summed E-state index contributed by atoms with van der Waals surface area (Å²) in [5, 5.41) is 3.98. The maximum Gasteiger partial charge on any atom is 0.262 e. The van der Waals surface area contributed by atoms with E-state index in [1.165, 1.54) is 24.6 Å². The van der Waals surface area contributed by atoms with E-state index < -0.39 is 15.4 Å². The Morgan fingerprint density at radius 1 is 1.21 bits per heavy atom. The van der Waals surface area contributed by atoms with Crippen LogP contribution in [0.2, 0.25) is 0 Å². The summed E-state index contributed by atoms with van der Waals surface area (Å²) < 4.78 is 25.3. The van der Waals surface area contributed by atoms with Gasteiger partial charge in [-0.05, 0) is 37.8 Å². The molecule has 1 aromatic carbocycles. The summed E-state index contributed by atoms with van der Waals surface area (Å²) in [7, 11) is -3.10. The Balaban J connectivity index is 1.68. The molecule has 0 bridgehead atoms. The molecule has 1 aliphatic rings. The first kappa shape index (κ1) is 25.7. The number of unbranched alkanes of at least 4 members (excludes halogenated alkanes) is 3. The third-order valence-corrected chi connectivity index (χ3v) is 8.90. The highest BCUT2D eigenvalue weighted by atomic mass is 32.2. The minimum absolute atomic E-state index is 0.0356. The lowest BCUT2D eigenvalue weighted by Gasteiger charge is -2.23. The SMILES string of the molecule is CC(C)CCCCCCn1c(SCC(=O)NC2(C)CCS(=O)(=O)C2)nc2ccccc2c1=O. The van der Waals surface area contributed by atoms with Crippen molar-refractivity contribution >= 4 is 38.4 Å². The van der Waals surface area contributed by atoms with Crippen LogP contribution in [0.25, 0.3) is 10.9 Å². The van der Waals surface area contributed by atoms with E-state index in [-0.39, 0.29) is 28.7 Å². The molecule has 0 spiro atoms. The zero-order chi connectivity index (χ0) is 24.1. The molecule has 0 radical (unpaired) electrons. The van der Waals surface area contributed by atoms with Gasteiger partial charge in [-0.1, -0.05) is 63.4 Å². The fraction of sp³-hybridized carbons (Fsp3) is 0.625. The standard InChI is InChI=1S/C24H35N3O4S2/c1-18(2)10-6-4-5-9-14-27-22(29)19-11-7-8-12-20(19)25-23(27)32-16-21(28)26-24(3)13-15-33(30,31)17-24/h7-8,11-12,18H,4-6,9-10,13-17H2,1-3H3,(H,26,28). The van der Waals surface area contributed by atoms with Gasteiger partial charge in [0.2, 0.25) is 5.91 Å². The first-order chi connectivity index (χ1) is 15.6. The van der Waals surface area contributed by atoms with Crippen molar-refractivity contribution < 1.29 is 13.2 Å². The van der Waals surface area contributed by atoms with Gasteiger partial charge >= 0.3 is 0 Å². The van der Waals surface area contributed by atoms with Gasteiger partial charge in [0.05, 0.1) is 33.7 Å². The highest BCUT2D eigenvalue weighted by Crippen LogP contribution is 2.24. The van der Waals surface area contributed by atoms with Crippen LogP contribution in [0.5, 0.6) is 0 Å². The van der Waals surface area contributed by atoms with Crippen LogP contribution in [0, 0.1) is 5.92 Å². The summed E-state index contributed by atoms with van der Waals surface area (Å²) in [5.41, 5.74) is -0.199. The molecule has 182 valence electrons. The van der Waals surface area contributed by atoms with Crippen molar-refractivity contribution in [3.8, 4) is 0 Å². The first-order valence-electron chi connectivity index (χ1n) is 11.7. The quantitative estimate of drug-likeness (QED) is 0.291. The number of fused-ring (bicyclic) bond motifs is 1. The zero-order valence-electron chi connectivity index (χ0n) is 19.8. The summed E-state index contributed by atoms with van der Waals surface area (Å²) >= 11 is 1.23. The van der Waals surface area contributed by atoms with Crippen LogP contribution < -0.4 is 10.9 Å². The summed E-state index contributed by atoms with van der Waals surface area (Å²) in [5.74, 6) is 0.598. The summed E-state index contributed by atoms with van der Waals surface area (Å²) in [6.45, 7) is 6.79. The molecule has 33 heavy (non-hydrogen) atoms. The lowest BCUT2D eigenvalue weighted by atomic mass is 10.0. The average molecular weight is 494 g/mol. The largest absolute Gasteiger partial charge is 0.349 e. The van der Waals surface area contributed by atoms with E-state index in [9.17, 15) is 18.0 Å². The molecule has 1 atom stereocenters. The molecule has 9 heteroatoms. The van der Waals surface area contributed by atoms with E-state index in [1.807, 2.05) is 18.2 Å². The highest BCUT2D eigenvalue weighted by Gasteiger charge is 2.39. The minimum Gasteiger partial charge on any atom is -0.349 e. The van der Waals surface area contributed by atoms with Crippen molar-refractivity contribution in [2.24, 2.45) is 5.92 Å². The lowest BCUT2D eigenvalue weighted by Crippen LogP contribution is -2.47. The van der Waals surface area contributed by atoms with Gasteiger partial charge in [-0.15, -0.1) is 0 Å². The van der Waals surface area contributed by atoms with Crippen molar-refractivity contribution in [2.75, 3.05) is 17.3 Å². The smallest absolute Gasteiger partial charge is 0.262 e. The van der Waals surface area contributed by atoms with Gasteiger partial charge in [0.1, 0.15) is 0 Å². The van der Waals surface area contributed by atoms with Crippen molar-refractivity contribution in [3.63, 3.8) is 0 Å². The van der Waals surface area contributed by atoms with Crippen molar-refractivity contribution in [1.82, 2.24) is 14.9 Å². The molecule has 3 rings (SSSR count). The molecule has 0 saturated carbocycles. The van der Waals surface area contributed by atoms with E-state index in [2.05, 4.69) is 24.1 Å². The van der Waals surface area contributed by atoms with Crippen LogP contribution >= 0.6 is 11.8 Å². The number of carbonyl (C=O) groups excluding carboxylic acids is 1. The Bertz CT molecular complexity index is 1140. The number of hydrogen-bond acceptors (Lipinski definition) is 6. The third-order valence-electron chi connectivity index (χ3n) is 6.02. The number of amides is 1. The minimum atomic E-state index is -3.10. The monoisotopic (exact) mass is 493 g/mol. The second-order valence-corrected chi connectivity index (χ2v) is 12.8. The molecule has 1 fully saturated rings. The number of hydrogen-bond donors (Lipinski definition) is 1. The van der Waals surface area contributed by atoms with E-state index in [1.54, 1.807) is 17.6 Å². The number of benzene rings is 1. The van der Waals surface area contributed by atoms with Crippen LogP contribution in [0.4, 0.5) is 0 Å². The highest BCUT2D eigenvalue weighted by molar-refractivity contribution is 7.99. The Labute approximate surface area is 200 Å². The Hall–Kier alpha value is -1.87. The number of carbonyl (C=O) groups is 1. The first-order valence-corrected chi connectivity index (χ1v) is 14.5. The van der Waals surface area contributed by atoms with Crippen LogP contribution in [-0.2, 0) is 21.2 Å². The molecule has 1 N–H and O–H groups in total. The zero-order valence-corrected chi connectivity index (χ0v) is 21.4. The molecule has 1 aromatic heterocycles. The molecule has 7 nitrogen and oxygen atoms in total. The van der Waals surface area contributed by atoms with Crippen molar-refractivity contribution in [2.45, 2.75) is 76.5 Å². The van der Waals surface area contributed by atoms with Crippen LogP contribution in [0.15, 0.2) is 34.2 Å². The van der Waals surface area contributed by atoms with E-state index in [0.717, 1.165) is 19.3 Å². The maximum absolute atomic E-state index is 13.1. The van der Waals surface area contributed by atoms with Gasteiger partial charge in [0.15, 0.2) is 15.0 Å². The predicted molar refractivity (Wildman–Crippen MR) is 134 cm³/mol. The molecule has 1 saturated heterocycles. The maximum atomic E-state index is 13.1. The molecule has 1 aliphatic heterocycles. The second kappa shape index (κ2) is 11.0. The fourth-order valence-electron chi connectivity index (χ4n) is 4.24. The summed E-state index contributed by atoms with van der Waals surface area (Å²) in [4.78, 5) is 30.4. The van der Waals surface area contributed by atoms with Gasteiger partial charge in [0, 0.05) is 6.54 Å². The fourth-order valence-corrected chi connectivity index (χ4v) is 7.16. The predicted octanol–water partition coefficient (Wildman–Crippen LogP) is 3.79. The molecule has 2 aromatic rings. The Morgan fingerprint density at radius 3 is 2.64 bits per heavy atom. The number of aromatic nitrogens is 2. The number of para-hydroxylation sites is 1. The Kier molecular flexibility index (Phi) is 8.61. The molecular weight excluding hydrogens is 458 g/mol. The van der Waals surface area contributed by atoms with Crippen molar-refractivity contribution in [3.05, 3.63) is 34.6 Å². The van der Waals surface area contributed by atoms with Crippen molar-refractivity contribution in [1.29, 1.82) is 0 Å². The van der Waals surface area contributed by atoms with E-state index in [4.69, 9.17) is 0 Å². The molecule has 1 amide bonds. The van der Waals surface area contributed by atoms with E-state index >= 15 is 0 Å². The van der Waals surface area contributed by atoms with Crippen LogP contribution in [-0.4, -0.2) is 46.7 Å². The average Bonchev–Trinajstić information content (AvgIpc) is 3.02. The van der Waals surface area contributed by atoms with Crippen LogP contribution in [0.3, 0.4) is 0 Å². The van der Waals surface area contributed by atoms with Gasteiger partial charge in [-0.2, -0.15) is 0 Å². The van der Waals surface area contributed by atoms with E-state index in [0.29, 0.717) is 34.9 Å². The molecule has 2 heterocycles. The summed E-state index contributed by atoms with van der Waals surface area (Å²) in [6, 6.07) is 7.27. The van der Waals surface area contributed by atoms with Gasteiger partial charge in [-0.25, -0.2) is 13.4 Å². The number of rotatable bonds is 11. The molecule has 0 aliphatic carbocycles. The number of sulfone groups is 1. The van der Waals surface area contributed by atoms with Gasteiger partial charge in [0.25, 0.3) is 5.56 Å². The van der Waals surface area contributed by atoms with Gasteiger partial charge in [-0.3, -0.25) is 14.2 Å². The third kappa shape index (κ3) is 7.30. The normalized spacial score (nSPS) is 19.9. The molecular formula is C24H35N3O4S2. The number of nitrogens with one attached hydrogen (secondary N) is 1. The van der Waals surface area contributed by atoms with Crippen LogP contribution in [0.1, 0.15) is 59.3 Å². The topological polar surface area (TPSA) is 98.1 Å². The lowest BCUT2D eigenvalue weighted by molar-refractivity contribution is -0.120. The Morgan fingerprint density at radius 2 is 1.94 bits per heavy atom. The molecule has 1 unspecified atom stereocenters.